The van der Waals surface area contributed by atoms with Gasteiger partial charge in [0.25, 0.3) is 0 Å². The third kappa shape index (κ3) is 3.09. The highest BCUT2D eigenvalue weighted by atomic mass is 28.4. The van der Waals surface area contributed by atoms with Crippen LogP contribution in [0.4, 0.5) is 13.2 Å². The fourth-order valence-corrected chi connectivity index (χ4v) is 2.43. The third-order valence-electron chi connectivity index (χ3n) is 1.72. The number of carbonyl (C=O) groups excluding carboxylic acids is 1. The Labute approximate surface area is 82.6 Å². The van der Waals surface area contributed by atoms with E-state index in [1.54, 1.807) is 19.6 Å². The molecule has 0 aliphatic rings. The molecule has 14 heavy (non-hydrogen) atoms. The molecule has 0 N–H and O–H groups in total. The van der Waals surface area contributed by atoms with Crippen molar-refractivity contribution in [2.45, 2.75) is 45.3 Å². The van der Waals surface area contributed by atoms with Crippen LogP contribution in [-0.4, -0.2) is 25.9 Å². The molecule has 0 fully saturated rings. The molecule has 0 radical (unpaired) electrons. The zero-order chi connectivity index (χ0) is 11.8. The molecule has 0 aliphatic carbocycles. The number of alkyl halides is 3. The first-order chi connectivity index (χ1) is 5.90. The minimum Gasteiger partial charge on any atom is -0.398 e. The fraction of sp³-hybridized carbons (Fsp3) is 0.875. The summed E-state index contributed by atoms with van der Waals surface area (Å²) < 4.78 is 42.6. The van der Waals surface area contributed by atoms with E-state index < -0.39 is 25.9 Å². The Morgan fingerprint density at radius 3 is 1.64 bits per heavy atom. The Bertz CT molecular complexity index is 232. The van der Waals surface area contributed by atoms with Crippen LogP contribution >= 0.6 is 0 Å². The van der Waals surface area contributed by atoms with Gasteiger partial charge in [-0.1, -0.05) is 0 Å². The molecule has 84 valence electrons. The van der Waals surface area contributed by atoms with E-state index in [-0.39, 0.29) is 0 Å². The molecule has 0 heterocycles. The normalized spacial score (nSPS) is 17.7. The summed E-state index contributed by atoms with van der Waals surface area (Å²) in [5, 5.41) is 0. The van der Waals surface area contributed by atoms with Gasteiger partial charge in [-0.2, -0.15) is 13.2 Å². The van der Waals surface area contributed by atoms with Gasteiger partial charge in [0.1, 0.15) is 0 Å². The summed E-state index contributed by atoms with van der Waals surface area (Å²) in [6.45, 7) is 6.51. The van der Waals surface area contributed by atoms with Gasteiger partial charge in [-0.3, -0.25) is 4.79 Å². The van der Waals surface area contributed by atoms with Crippen LogP contribution in [-0.2, 0) is 9.22 Å². The van der Waals surface area contributed by atoms with Crippen molar-refractivity contribution in [3.8, 4) is 0 Å². The summed E-state index contributed by atoms with van der Waals surface area (Å²) in [4.78, 5) is 11.0. The second kappa shape index (κ2) is 3.66. The van der Waals surface area contributed by atoms with Crippen molar-refractivity contribution >= 4 is 14.1 Å². The Morgan fingerprint density at radius 1 is 1.21 bits per heavy atom. The van der Waals surface area contributed by atoms with Gasteiger partial charge >= 0.3 is 6.18 Å². The minimum absolute atomic E-state index is 0.785. The summed E-state index contributed by atoms with van der Waals surface area (Å²) in [6.07, 6.45) is -4.65. The van der Waals surface area contributed by atoms with Gasteiger partial charge in [0.15, 0.2) is 14.1 Å². The SMILES string of the molecule is CC(=O)C(C)(O[Si](C)(C)C)C(F)(F)F. The van der Waals surface area contributed by atoms with Gasteiger partial charge in [-0.05, 0) is 33.5 Å². The molecule has 0 rings (SSSR count). The van der Waals surface area contributed by atoms with Crippen molar-refractivity contribution in [1.29, 1.82) is 0 Å². The lowest BCUT2D eigenvalue weighted by atomic mass is 10.0. The largest absolute Gasteiger partial charge is 0.423 e. The number of halogens is 3. The molecule has 0 saturated heterocycles. The van der Waals surface area contributed by atoms with Gasteiger partial charge in [-0.15, -0.1) is 0 Å². The van der Waals surface area contributed by atoms with Crippen molar-refractivity contribution in [1.82, 2.24) is 0 Å². The molecule has 1 atom stereocenters. The third-order valence-corrected chi connectivity index (χ3v) is 2.74. The van der Waals surface area contributed by atoms with E-state index in [9.17, 15) is 18.0 Å². The second-order valence-corrected chi connectivity index (χ2v) is 8.73. The highest BCUT2D eigenvalue weighted by molar-refractivity contribution is 6.70. The standard InChI is InChI=1S/C8H15F3O2Si/c1-6(12)7(2,8(9,10)11)13-14(3,4)5/h1-5H3. The van der Waals surface area contributed by atoms with Crippen LogP contribution in [0.1, 0.15) is 13.8 Å². The molecule has 0 saturated carbocycles. The van der Waals surface area contributed by atoms with E-state index in [4.69, 9.17) is 4.43 Å². The quantitative estimate of drug-likeness (QED) is 0.694. The maximum atomic E-state index is 12.6. The predicted molar refractivity (Wildman–Crippen MR) is 49.6 cm³/mol. The molecule has 2 nitrogen and oxygen atoms in total. The monoisotopic (exact) mass is 228 g/mol. The zero-order valence-corrected chi connectivity index (χ0v) is 9.95. The molecule has 0 aromatic rings. The van der Waals surface area contributed by atoms with E-state index >= 15 is 0 Å². The van der Waals surface area contributed by atoms with Gasteiger partial charge in [0.05, 0.1) is 0 Å². The van der Waals surface area contributed by atoms with Crippen LogP contribution in [0.25, 0.3) is 0 Å². The first-order valence-electron chi connectivity index (χ1n) is 4.18. The predicted octanol–water partition coefficient (Wildman–Crippen LogP) is 2.75. The topological polar surface area (TPSA) is 26.3 Å². The summed E-state index contributed by atoms with van der Waals surface area (Å²) >= 11 is 0. The van der Waals surface area contributed by atoms with Crippen molar-refractivity contribution in [2.24, 2.45) is 0 Å². The van der Waals surface area contributed by atoms with Crippen molar-refractivity contribution < 1.29 is 22.4 Å². The van der Waals surface area contributed by atoms with Crippen molar-refractivity contribution in [2.75, 3.05) is 0 Å². The molecule has 0 aliphatic heterocycles. The number of hydrogen-bond donors (Lipinski definition) is 0. The number of hydrogen-bond acceptors (Lipinski definition) is 2. The molecular weight excluding hydrogens is 213 g/mol. The van der Waals surface area contributed by atoms with Gasteiger partial charge in [0, 0.05) is 0 Å². The number of Topliss-reactive ketones (excluding diaryl/α,β-unsaturated/α-hetero) is 1. The fourth-order valence-electron chi connectivity index (χ4n) is 0.942. The van der Waals surface area contributed by atoms with Crippen LogP contribution < -0.4 is 0 Å². The Balaban J connectivity index is 5.04. The van der Waals surface area contributed by atoms with Crippen LogP contribution in [0, 0.1) is 0 Å². The summed E-state index contributed by atoms with van der Waals surface area (Å²) in [5.74, 6) is -1.01. The highest BCUT2D eigenvalue weighted by Gasteiger charge is 2.57. The molecule has 0 amide bonds. The van der Waals surface area contributed by atoms with Crippen LogP contribution in [0.15, 0.2) is 0 Å². The van der Waals surface area contributed by atoms with Crippen molar-refractivity contribution in [3.05, 3.63) is 0 Å². The first-order valence-corrected chi connectivity index (χ1v) is 7.59. The average Bonchev–Trinajstić information content (AvgIpc) is 1.79. The van der Waals surface area contributed by atoms with Gasteiger partial charge in [0.2, 0.25) is 5.60 Å². The number of ketones is 1. The zero-order valence-electron chi connectivity index (χ0n) is 8.95. The van der Waals surface area contributed by atoms with Crippen LogP contribution in [0.5, 0.6) is 0 Å². The van der Waals surface area contributed by atoms with Gasteiger partial charge in [-0.25, -0.2) is 0 Å². The molecular formula is C8H15F3O2Si. The van der Waals surface area contributed by atoms with E-state index in [2.05, 4.69) is 0 Å². The van der Waals surface area contributed by atoms with E-state index in [0.29, 0.717) is 0 Å². The van der Waals surface area contributed by atoms with E-state index in [1.165, 1.54) is 0 Å². The molecule has 0 bridgehead atoms. The molecule has 0 spiro atoms. The average molecular weight is 228 g/mol. The summed E-state index contributed by atoms with van der Waals surface area (Å²) in [7, 11) is -2.41. The maximum absolute atomic E-state index is 12.6. The van der Waals surface area contributed by atoms with Gasteiger partial charge < -0.3 is 4.43 Å². The van der Waals surface area contributed by atoms with Crippen LogP contribution in [0.3, 0.4) is 0 Å². The number of carbonyl (C=O) groups is 1. The highest BCUT2D eigenvalue weighted by Crippen LogP contribution is 2.36. The second-order valence-electron chi connectivity index (χ2n) is 4.30. The van der Waals surface area contributed by atoms with E-state index in [0.717, 1.165) is 13.8 Å². The lowest BCUT2D eigenvalue weighted by Gasteiger charge is -2.35. The molecule has 0 aromatic heterocycles. The Kier molecular flexibility index (Phi) is 3.56. The lowest BCUT2D eigenvalue weighted by molar-refractivity contribution is -0.236. The smallest absolute Gasteiger partial charge is 0.398 e. The Morgan fingerprint density at radius 2 is 1.57 bits per heavy atom. The van der Waals surface area contributed by atoms with Crippen molar-refractivity contribution in [3.63, 3.8) is 0 Å². The van der Waals surface area contributed by atoms with E-state index in [1.807, 2.05) is 0 Å². The number of rotatable bonds is 3. The molecule has 6 heteroatoms. The molecule has 0 aromatic carbocycles. The Hall–Kier alpha value is -0.363. The first kappa shape index (κ1) is 13.6. The van der Waals surface area contributed by atoms with Crippen LogP contribution in [0.2, 0.25) is 19.6 Å². The maximum Gasteiger partial charge on any atom is 0.423 e. The molecule has 1 unspecified atom stereocenters. The minimum atomic E-state index is -4.65. The lowest BCUT2D eigenvalue weighted by Crippen LogP contribution is -2.55. The summed E-state index contributed by atoms with van der Waals surface area (Å²) in [6, 6.07) is 0. The summed E-state index contributed by atoms with van der Waals surface area (Å²) in [5.41, 5.74) is -2.66.